The van der Waals surface area contributed by atoms with Gasteiger partial charge in [-0.3, -0.25) is 9.59 Å². The first-order valence-electron chi connectivity index (χ1n) is 11.5. The summed E-state index contributed by atoms with van der Waals surface area (Å²) in [4.78, 5) is 43.0. The lowest BCUT2D eigenvalue weighted by atomic mass is 10.1. The zero-order chi connectivity index (χ0) is 24.3. The van der Waals surface area contributed by atoms with Crippen molar-refractivity contribution in [3.05, 3.63) is 71.8 Å². The van der Waals surface area contributed by atoms with E-state index in [4.69, 9.17) is 9.47 Å². The predicted molar refractivity (Wildman–Crippen MR) is 128 cm³/mol. The molecule has 0 radical (unpaired) electrons. The third kappa shape index (κ3) is 7.31. The first-order valence-corrected chi connectivity index (χ1v) is 11.5. The molecule has 1 aliphatic rings. The summed E-state index contributed by atoms with van der Waals surface area (Å²) in [5.41, 5.74) is 1.95. The second-order valence-corrected chi connectivity index (χ2v) is 8.44. The van der Waals surface area contributed by atoms with E-state index in [0.717, 1.165) is 11.1 Å². The van der Waals surface area contributed by atoms with Crippen molar-refractivity contribution in [2.24, 2.45) is 0 Å². The Kier molecular flexibility index (Phi) is 9.46. The number of carbonyl (C=O) groups excluding carboxylic acids is 3. The summed E-state index contributed by atoms with van der Waals surface area (Å²) in [6, 6.07) is 18.6. The molecule has 1 atom stereocenters. The molecule has 2 aromatic carbocycles. The van der Waals surface area contributed by atoms with Crippen LogP contribution in [-0.2, 0) is 32.3 Å². The smallest absolute Gasteiger partial charge is 0.410 e. The van der Waals surface area contributed by atoms with Crippen molar-refractivity contribution in [3.63, 3.8) is 0 Å². The first kappa shape index (κ1) is 25.2. The molecular formula is C26H33N3O5. The van der Waals surface area contributed by atoms with Crippen molar-refractivity contribution in [3.8, 4) is 0 Å². The van der Waals surface area contributed by atoms with Gasteiger partial charge >= 0.3 is 6.09 Å². The Balaban J connectivity index is 1.56. The van der Waals surface area contributed by atoms with Crippen LogP contribution in [0.15, 0.2) is 60.7 Å². The Hall–Kier alpha value is -3.39. The fraction of sp³-hybridized carbons (Fsp3) is 0.423. The molecule has 3 amide bonds. The number of likely N-dealkylation sites (N-methyl/N-ethyl adjacent to an activating group) is 1. The van der Waals surface area contributed by atoms with E-state index in [2.05, 4.69) is 0 Å². The summed E-state index contributed by atoms with van der Waals surface area (Å²) in [7, 11) is 3.35. The van der Waals surface area contributed by atoms with E-state index in [0.29, 0.717) is 26.2 Å². The Morgan fingerprint density at radius 2 is 1.53 bits per heavy atom. The third-order valence-electron chi connectivity index (χ3n) is 5.74. The van der Waals surface area contributed by atoms with Gasteiger partial charge in [-0.15, -0.1) is 0 Å². The first-order chi connectivity index (χ1) is 16.5. The second kappa shape index (κ2) is 12.7. The van der Waals surface area contributed by atoms with Crippen LogP contribution in [-0.4, -0.2) is 79.0 Å². The normalized spacial score (nSPS) is 14.9. The molecule has 0 saturated carbocycles. The Labute approximate surface area is 201 Å². The van der Waals surface area contributed by atoms with Gasteiger partial charge < -0.3 is 24.2 Å². The zero-order valence-electron chi connectivity index (χ0n) is 19.9. The zero-order valence-corrected chi connectivity index (χ0v) is 19.9. The van der Waals surface area contributed by atoms with Crippen LogP contribution in [0.2, 0.25) is 0 Å². The van der Waals surface area contributed by atoms with Gasteiger partial charge in [0, 0.05) is 53.2 Å². The monoisotopic (exact) mass is 467 g/mol. The summed E-state index contributed by atoms with van der Waals surface area (Å²) < 4.78 is 11.2. The van der Waals surface area contributed by atoms with Gasteiger partial charge in [-0.05, 0) is 11.1 Å². The number of hydrogen-bond acceptors (Lipinski definition) is 5. The molecule has 0 unspecified atom stereocenters. The van der Waals surface area contributed by atoms with Gasteiger partial charge in [-0.2, -0.15) is 0 Å². The molecule has 1 aliphatic heterocycles. The van der Waals surface area contributed by atoms with Gasteiger partial charge in [0.15, 0.2) is 0 Å². The molecule has 0 spiro atoms. The van der Waals surface area contributed by atoms with Crippen LogP contribution in [0.1, 0.15) is 24.0 Å². The summed E-state index contributed by atoms with van der Waals surface area (Å²) in [5.74, 6) is -0.307. The number of amides is 3. The maximum atomic E-state index is 12.9. The molecule has 0 N–H and O–H groups in total. The van der Waals surface area contributed by atoms with E-state index >= 15 is 0 Å². The van der Waals surface area contributed by atoms with Crippen LogP contribution in [0.3, 0.4) is 0 Å². The van der Waals surface area contributed by atoms with Gasteiger partial charge in [-0.25, -0.2) is 4.79 Å². The number of carbonyl (C=O) groups is 3. The average molecular weight is 468 g/mol. The van der Waals surface area contributed by atoms with E-state index in [1.54, 1.807) is 19.0 Å². The average Bonchev–Trinajstić information content (AvgIpc) is 3.05. The molecule has 1 saturated heterocycles. The van der Waals surface area contributed by atoms with Crippen LogP contribution in [0, 0.1) is 0 Å². The summed E-state index contributed by atoms with van der Waals surface area (Å²) in [5, 5.41) is 0. The Bertz CT molecular complexity index is 936. The minimum Gasteiger partial charge on any atom is -0.445 e. The molecular weight excluding hydrogens is 434 g/mol. The fourth-order valence-corrected chi connectivity index (χ4v) is 3.83. The van der Waals surface area contributed by atoms with E-state index in [9.17, 15) is 14.4 Å². The number of rotatable bonds is 9. The summed E-state index contributed by atoms with van der Waals surface area (Å²) in [6.45, 7) is 1.79. The molecule has 0 bridgehead atoms. The minimum absolute atomic E-state index is 0.141. The van der Waals surface area contributed by atoms with E-state index in [-0.39, 0.29) is 37.9 Å². The second-order valence-electron chi connectivity index (χ2n) is 8.44. The highest BCUT2D eigenvalue weighted by atomic mass is 16.6. The van der Waals surface area contributed by atoms with E-state index in [1.165, 1.54) is 9.80 Å². The lowest BCUT2D eigenvalue weighted by Gasteiger charge is -2.31. The highest BCUT2D eigenvalue weighted by molar-refractivity contribution is 5.88. The molecule has 2 aromatic rings. The maximum absolute atomic E-state index is 12.9. The van der Waals surface area contributed by atoms with Crippen LogP contribution in [0.25, 0.3) is 0 Å². The molecule has 8 nitrogen and oxygen atoms in total. The van der Waals surface area contributed by atoms with Crippen LogP contribution in [0.5, 0.6) is 0 Å². The van der Waals surface area contributed by atoms with Gasteiger partial charge in [0.1, 0.15) is 12.6 Å². The van der Waals surface area contributed by atoms with Crippen molar-refractivity contribution in [2.75, 3.05) is 40.3 Å². The van der Waals surface area contributed by atoms with Crippen molar-refractivity contribution in [1.29, 1.82) is 0 Å². The van der Waals surface area contributed by atoms with Crippen molar-refractivity contribution in [1.82, 2.24) is 14.7 Å². The molecule has 0 aromatic heterocycles. The van der Waals surface area contributed by atoms with Gasteiger partial charge in [-0.1, -0.05) is 60.7 Å². The lowest BCUT2D eigenvalue weighted by Crippen LogP contribution is -2.50. The van der Waals surface area contributed by atoms with Crippen LogP contribution < -0.4 is 0 Å². The number of nitrogens with zero attached hydrogens (tertiary/aromatic N) is 3. The Morgan fingerprint density at radius 3 is 2.15 bits per heavy atom. The van der Waals surface area contributed by atoms with Crippen LogP contribution in [0.4, 0.5) is 4.79 Å². The van der Waals surface area contributed by atoms with E-state index < -0.39 is 12.1 Å². The lowest BCUT2D eigenvalue weighted by molar-refractivity contribution is -0.144. The quantitative estimate of drug-likeness (QED) is 0.530. The van der Waals surface area contributed by atoms with Crippen molar-refractivity contribution < 1.29 is 23.9 Å². The molecule has 34 heavy (non-hydrogen) atoms. The van der Waals surface area contributed by atoms with Crippen LogP contribution >= 0.6 is 0 Å². The fourth-order valence-electron chi connectivity index (χ4n) is 3.83. The highest BCUT2D eigenvalue weighted by Crippen LogP contribution is 2.15. The third-order valence-corrected chi connectivity index (χ3v) is 5.74. The standard InChI is InChI=1S/C26H33N3O5/c1-27(2)25(31)23(14-18-33-19-21-9-5-3-6-10-21)29-17-16-28(15-13-24(29)30)26(32)34-20-22-11-7-4-8-12-22/h3-12,23H,13-20H2,1-2H3/t23-/m1/s1. The molecule has 8 heteroatoms. The SMILES string of the molecule is CN(C)C(=O)[C@@H](CCOCc1ccccc1)N1CCN(C(=O)OCc2ccccc2)CCC1=O. The van der Waals surface area contributed by atoms with Gasteiger partial charge in [0.2, 0.25) is 11.8 Å². The summed E-state index contributed by atoms with van der Waals surface area (Å²) in [6.07, 6.45) is 0.0662. The van der Waals surface area contributed by atoms with E-state index in [1.807, 2.05) is 60.7 Å². The Morgan fingerprint density at radius 1 is 0.912 bits per heavy atom. The topological polar surface area (TPSA) is 79.4 Å². The molecule has 1 fully saturated rings. The largest absolute Gasteiger partial charge is 0.445 e. The minimum atomic E-state index is -0.640. The van der Waals surface area contributed by atoms with Crippen molar-refractivity contribution in [2.45, 2.75) is 32.1 Å². The summed E-state index contributed by atoms with van der Waals surface area (Å²) >= 11 is 0. The predicted octanol–water partition coefficient (Wildman–Crippen LogP) is 2.92. The van der Waals surface area contributed by atoms with Crippen molar-refractivity contribution >= 4 is 17.9 Å². The molecule has 0 aliphatic carbocycles. The number of ether oxygens (including phenoxy) is 2. The molecule has 3 rings (SSSR count). The molecule has 1 heterocycles. The maximum Gasteiger partial charge on any atom is 0.410 e. The van der Waals surface area contributed by atoms with Gasteiger partial charge in [0.05, 0.1) is 6.61 Å². The van der Waals surface area contributed by atoms with Gasteiger partial charge in [0.25, 0.3) is 0 Å². The number of hydrogen-bond donors (Lipinski definition) is 0. The molecule has 182 valence electrons. The highest BCUT2D eigenvalue weighted by Gasteiger charge is 2.33. The number of benzene rings is 2.